The standard InChI is InChI=1S/C10H10N2/c11-5-8-2-1-3-9(4-8)10-6-12-7-10/h1-4,10,12H,6-7H2. The quantitative estimate of drug-likeness (QED) is 0.667. The minimum atomic E-state index is 0.623. The third-order valence-electron chi connectivity index (χ3n) is 2.27. The molecule has 1 heterocycles. The molecule has 0 unspecified atom stereocenters. The Morgan fingerprint density at radius 1 is 1.42 bits per heavy atom. The highest BCUT2D eigenvalue weighted by molar-refractivity contribution is 5.35. The lowest BCUT2D eigenvalue weighted by atomic mass is 9.93. The molecule has 12 heavy (non-hydrogen) atoms. The molecule has 0 radical (unpaired) electrons. The molecule has 1 aromatic rings. The SMILES string of the molecule is N#Cc1cccc(C2CNC2)c1. The normalized spacial score (nSPS) is 16.6. The number of rotatable bonds is 1. The Kier molecular flexibility index (Phi) is 1.81. The number of nitriles is 1. The van der Waals surface area contributed by atoms with Gasteiger partial charge in [0.2, 0.25) is 0 Å². The summed E-state index contributed by atoms with van der Waals surface area (Å²) in [6.07, 6.45) is 0. The molecule has 2 heteroatoms. The highest BCUT2D eigenvalue weighted by atomic mass is 14.9. The maximum atomic E-state index is 8.67. The van der Waals surface area contributed by atoms with Gasteiger partial charge in [-0.15, -0.1) is 0 Å². The minimum Gasteiger partial charge on any atom is -0.315 e. The second kappa shape index (κ2) is 2.96. The van der Waals surface area contributed by atoms with Crippen molar-refractivity contribution in [2.75, 3.05) is 13.1 Å². The fourth-order valence-corrected chi connectivity index (χ4v) is 1.39. The summed E-state index contributed by atoms with van der Waals surface area (Å²) in [5, 5.41) is 11.9. The van der Waals surface area contributed by atoms with E-state index in [1.165, 1.54) is 5.56 Å². The van der Waals surface area contributed by atoms with Crippen molar-refractivity contribution in [3.63, 3.8) is 0 Å². The zero-order valence-electron chi connectivity index (χ0n) is 6.75. The van der Waals surface area contributed by atoms with Crippen molar-refractivity contribution in [1.82, 2.24) is 5.32 Å². The van der Waals surface area contributed by atoms with Crippen LogP contribution in [0, 0.1) is 11.3 Å². The Bertz CT molecular complexity index is 321. The third kappa shape index (κ3) is 1.19. The summed E-state index contributed by atoms with van der Waals surface area (Å²) in [4.78, 5) is 0. The molecule has 60 valence electrons. The van der Waals surface area contributed by atoms with Crippen LogP contribution < -0.4 is 5.32 Å². The Morgan fingerprint density at radius 2 is 2.25 bits per heavy atom. The Hall–Kier alpha value is -1.33. The fraction of sp³-hybridized carbons (Fsp3) is 0.300. The molecule has 0 aliphatic carbocycles. The van der Waals surface area contributed by atoms with Gasteiger partial charge in [-0.05, 0) is 17.7 Å². The van der Waals surface area contributed by atoms with Gasteiger partial charge < -0.3 is 5.32 Å². The van der Waals surface area contributed by atoms with E-state index in [0.717, 1.165) is 18.7 Å². The molecule has 1 aliphatic heterocycles. The second-order valence-electron chi connectivity index (χ2n) is 3.09. The topological polar surface area (TPSA) is 35.8 Å². The van der Waals surface area contributed by atoms with E-state index in [-0.39, 0.29) is 0 Å². The van der Waals surface area contributed by atoms with Crippen LogP contribution in [0.3, 0.4) is 0 Å². The van der Waals surface area contributed by atoms with Gasteiger partial charge in [0.15, 0.2) is 0 Å². The van der Waals surface area contributed by atoms with Crippen molar-refractivity contribution in [2.24, 2.45) is 0 Å². The molecular formula is C10H10N2. The molecule has 0 saturated carbocycles. The van der Waals surface area contributed by atoms with Crippen molar-refractivity contribution in [2.45, 2.75) is 5.92 Å². The molecule has 0 bridgehead atoms. The summed E-state index contributed by atoms with van der Waals surface area (Å²) >= 11 is 0. The number of hydrogen-bond acceptors (Lipinski definition) is 2. The Morgan fingerprint density at radius 3 is 2.83 bits per heavy atom. The van der Waals surface area contributed by atoms with Gasteiger partial charge in [0, 0.05) is 19.0 Å². The highest BCUT2D eigenvalue weighted by Gasteiger charge is 2.18. The Balaban J connectivity index is 2.27. The van der Waals surface area contributed by atoms with Crippen LogP contribution in [0.25, 0.3) is 0 Å². The fourth-order valence-electron chi connectivity index (χ4n) is 1.39. The first kappa shape index (κ1) is 7.33. The summed E-state index contributed by atoms with van der Waals surface area (Å²) < 4.78 is 0. The summed E-state index contributed by atoms with van der Waals surface area (Å²) in [6.45, 7) is 2.10. The number of benzene rings is 1. The summed E-state index contributed by atoms with van der Waals surface area (Å²) in [5.74, 6) is 0.623. The molecule has 1 N–H and O–H groups in total. The number of nitrogens with one attached hydrogen (secondary N) is 1. The first-order chi connectivity index (χ1) is 5.90. The zero-order chi connectivity index (χ0) is 8.39. The largest absolute Gasteiger partial charge is 0.315 e. The minimum absolute atomic E-state index is 0.623. The van der Waals surface area contributed by atoms with Gasteiger partial charge in [0.05, 0.1) is 11.6 Å². The third-order valence-corrected chi connectivity index (χ3v) is 2.27. The lowest BCUT2D eigenvalue weighted by Gasteiger charge is -2.27. The predicted molar refractivity (Wildman–Crippen MR) is 46.8 cm³/mol. The van der Waals surface area contributed by atoms with Gasteiger partial charge >= 0.3 is 0 Å². The smallest absolute Gasteiger partial charge is 0.0991 e. The maximum absolute atomic E-state index is 8.67. The number of nitrogens with zero attached hydrogens (tertiary/aromatic N) is 1. The molecule has 1 aromatic carbocycles. The molecule has 1 saturated heterocycles. The summed E-state index contributed by atoms with van der Waals surface area (Å²) in [5.41, 5.74) is 2.05. The van der Waals surface area contributed by atoms with Gasteiger partial charge in [-0.2, -0.15) is 5.26 Å². The van der Waals surface area contributed by atoms with E-state index in [1.807, 2.05) is 18.2 Å². The van der Waals surface area contributed by atoms with Gasteiger partial charge in [0.25, 0.3) is 0 Å². The van der Waals surface area contributed by atoms with E-state index >= 15 is 0 Å². The van der Waals surface area contributed by atoms with Crippen LogP contribution in [0.5, 0.6) is 0 Å². The molecule has 2 rings (SSSR count). The van der Waals surface area contributed by atoms with Gasteiger partial charge in [-0.1, -0.05) is 12.1 Å². The zero-order valence-corrected chi connectivity index (χ0v) is 6.75. The van der Waals surface area contributed by atoms with Crippen LogP contribution in [0.2, 0.25) is 0 Å². The van der Waals surface area contributed by atoms with Crippen molar-refractivity contribution < 1.29 is 0 Å². The van der Waals surface area contributed by atoms with Crippen LogP contribution in [0.4, 0.5) is 0 Å². The van der Waals surface area contributed by atoms with E-state index in [4.69, 9.17) is 5.26 Å². The van der Waals surface area contributed by atoms with Crippen molar-refractivity contribution in [3.8, 4) is 6.07 Å². The predicted octanol–water partition coefficient (Wildman–Crippen LogP) is 1.25. The molecular weight excluding hydrogens is 148 g/mol. The van der Waals surface area contributed by atoms with Crippen molar-refractivity contribution >= 4 is 0 Å². The first-order valence-electron chi connectivity index (χ1n) is 4.11. The molecule has 2 nitrogen and oxygen atoms in total. The van der Waals surface area contributed by atoms with E-state index in [9.17, 15) is 0 Å². The summed E-state index contributed by atoms with van der Waals surface area (Å²) in [7, 11) is 0. The van der Waals surface area contributed by atoms with Gasteiger partial charge in [-0.3, -0.25) is 0 Å². The van der Waals surface area contributed by atoms with Crippen molar-refractivity contribution in [3.05, 3.63) is 35.4 Å². The van der Waals surface area contributed by atoms with Crippen LogP contribution in [0.15, 0.2) is 24.3 Å². The Labute approximate surface area is 71.8 Å². The molecule has 0 spiro atoms. The highest BCUT2D eigenvalue weighted by Crippen LogP contribution is 2.19. The van der Waals surface area contributed by atoms with E-state index < -0.39 is 0 Å². The van der Waals surface area contributed by atoms with Crippen LogP contribution in [0.1, 0.15) is 17.0 Å². The van der Waals surface area contributed by atoms with Crippen LogP contribution in [-0.2, 0) is 0 Å². The van der Waals surface area contributed by atoms with E-state index in [0.29, 0.717) is 5.92 Å². The monoisotopic (exact) mass is 158 g/mol. The lowest BCUT2D eigenvalue weighted by molar-refractivity contribution is 0.448. The van der Waals surface area contributed by atoms with Crippen molar-refractivity contribution in [1.29, 1.82) is 5.26 Å². The maximum Gasteiger partial charge on any atom is 0.0991 e. The lowest BCUT2D eigenvalue weighted by Crippen LogP contribution is -2.39. The molecule has 1 fully saturated rings. The van der Waals surface area contributed by atoms with Gasteiger partial charge in [-0.25, -0.2) is 0 Å². The van der Waals surface area contributed by atoms with Crippen LogP contribution in [-0.4, -0.2) is 13.1 Å². The number of hydrogen-bond donors (Lipinski definition) is 1. The molecule has 0 aromatic heterocycles. The average molecular weight is 158 g/mol. The average Bonchev–Trinajstić information content (AvgIpc) is 2.02. The van der Waals surface area contributed by atoms with Crippen LogP contribution >= 0.6 is 0 Å². The van der Waals surface area contributed by atoms with E-state index in [1.54, 1.807) is 0 Å². The molecule has 0 amide bonds. The molecule has 1 aliphatic rings. The van der Waals surface area contributed by atoms with E-state index in [2.05, 4.69) is 17.5 Å². The second-order valence-corrected chi connectivity index (χ2v) is 3.09. The molecule has 0 atom stereocenters. The van der Waals surface area contributed by atoms with Gasteiger partial charge in [0.1, 0.15) is 0 Å². The summed E-state index contributed by atoms with van der Waals surface area (Å²) in [6, 6.07) is 10.0. The first-order valence-corrected chi connectivity index (χ1v) is 4.11.